The van der Waals surface area contributed by atoms with Crippen LogP contribution < -0.4 is 20.9 Å². The molecule has 0 radical (unpaired) electrons. The summed E-state index contributed by atoms with van der Waals surface area (Å²) in [5.41, 5.74) is -0.668. The van der Waals surface area contributed by atoms with Gasteiger partial charge in [-0.2, -0.15) is 18.4 Å². The predicted molar refractivity (Wildman–Crippen MR) is 150 cm³/mol. The van der Waals surface area contributed by atoms with Crippen LogP contribution in [0.3, 0.4) is 0 Å². The minimum atomic E-state index is -4.76. The maximum Gasteiger partial charge on any atom is 0.416 e. The van der Waals surface area contributed by atoms with Crippen LogP contribution >= 0.6 is 0 Å². The van der Waals surface area contributed by atoms with Crippen molar-refractivity contribution >= 4 is 34.6 Å². The highest BCUT2D eigenvalue weighted by molar-refractivity contribution is 6.05. The fourth-order valence-corrected chi connectivity index (χ4v) is 4.41. The summed E-state index contributed by atoms with van der Waals surface area (Å²) in [6.45, 7) is 3.43. The van der Waals surface area contributed by atoms with Crippen molar-refractivity contribution in [3.05, 3.63) is 83.6 Å². The number of aromatic nitrogens is 3. The lowest BCUT2D eigenvalue weighted by Crippen LogP contribution is -2.20. The maximum atomic E-state index is 14.8. The highest BCUT2D eigenvalue weighted by Gasteiger charge is 2.34. The maximum absolute atomic E-state index is 14.8. The normalized spacial score (nSPS) is 12.8. The monoisotopic (exact) mass is 576 g/mol. The van der Waals surface area contributed by atoms with Crippen LogP contribution in [-0.4, -0.2) is 34.6 Å². The number of hydrogen-bond donors (Lipinski definition) is 3. The molecule has 2 aromatic heterocycles. The van der Waals surface area contributed by atoms with Crippen molar-refractivity contribution in [1.82, 2.24) is 15.0 Å². The fourth-order valence-electron chi connectivity index (χ4n) is 4.41. The molecule has 2 aromatic carbocycles. The Labute approximate surface area is 238 Å². The van der Waals surface area contributed by atoms with Crippen molar-refractivity contribution in [1.29, 1.82) is 5.26 Å². The van der Waals surface area contributed by atoms with Crippen molar-refractivity contribution in [2.45, 2.75) is 25.4 Å². The SMILES string of the molecule is CN1CNc2ncnc(-c3cccnc3Nc3ccc(F)c(NC(=O)c4cc(C(F)(F)F)cc(C(C)(C)C#N)c4)c3)c21. The summed E-state index contributed by atoms with van der Waals surface area (Å²) < 4.78 is 55.6. The van der Waals surface area contributed by atoms with E-state index in [1.807, 2.05) is 24.1 Å². The molecule has 0 spiro atoms. The largest absolute Gasteiger partial charge is 0.416 e. The minimum Gasteiger partial charge on any atom is -0.352 e. The van der Waals surface area contributed by atoms with E-state index in [9.17, 15) is 27.6 Å². The number of hydrogen-bond acceptors (Lipinski definition) is 8. The zero-order valence-corrected chi connectivity index (χ0v) is 22.6. The third kappa shape index (κ3) is 5.51. The van der Waals surface area contributed by atoms with Crippen LogP contribution in [0.25, 0.3) is 11.3 Å². The van der Waals surface area contributed by atoms with Crippen LogP contribution in [0.5, 0.6) is 0 Å². The number of benzene rings is 2. The van der Waals surface area contributed by atoms with Crippen molar-refractivity contribution in [2.24, 2.45) is 0 Å². The van der Waals surface area contributed by atoms with Gasteiger partial charge in [0.1, 0.15) is 29.3 Å². The predicted octanol–water partition coefficient (Wildman–Crippen LogP) is 6.31. The third-order valence-electron chi connectivity index (χ3n) is 6.75. The number of anilines is 5. The van der Waals surface area contributed by atoms with Crippen LogP contribution in [0.2, 0.25) is 0 Å². The zero-order valence-electron chi connectivity index (χ0n) is 22.6. The van der Waals surface area contributed by atoms with E-state index in [4.69, 9.17) is 0 Å². The van der Waals surface area contributed by atoms with Gasteiger partial charge in [0.15, 0.2) is 5.82 Å². The lowest BCUT2D eigenvalue weighted by molar-refractivity contribution is -0.137. The second-order valence-corrected chi connectivity index (χ2v) is 10.2. The molecule has 1 aliphatic heterocycles. The van der Waals surface area contributed by atoms with Gasteiger partial charge in [-0.25, -0.2) is 19.3 Å². The van der Waals surface area contributed by atoms with Gasteiger partial charge in [0.2, 0.25) is 0 Å². The molecule has 1 aliphatic rings. The molecule has 0 saturated heterocycles. The molecule has 0 atom stereocenters. The van der Waals surface area contributed by atoms with Gasteiger partial charge in [0, 0.05) is 30.1 Å². The van der Waals surface area contributed by atoms with Crippen LogP contribution in [0.4, 0.5) is 46.3 Å². The van der Waals surface area contributed by atoms with Crippen molar-refractivity contribution in [3.8, 4) is 17.3 Å². The van der Waals surface area contributed by atoms with E-state index in [1.54, 1.807) is 12.3 Å². The molecule has 3 N–H and O–H groups in total. The summed E-state index contributed by atoms with van der Waals surface area (Å²) in [6.07, 6.45) is -1.77. The van der Waals surface area contributed by atoms with Gasteiger partial charge in [0.25, 0.3) is 5.91 Å². The lowest BCUT2D eigenvalue weighted by Gasteiger charge is -2.19. The number of nitriles is 1. The average molecular weight is 577 g/mol. The smallest absolute Gasteiger partial charge is 0.352 e. The van der Waals surface area contributed by atoms with E-state index in [-0.39, 0.29) is 16.8 Å². The van der Waals surface area contributed by atoms with Gasteiger partial charge in [-0.05, 0) is 67.9 Å². The molecule has 9 nitrogen and oxygen atoms in total. The topological polar surface area (TPSA) is 119 Å². The van der Waals surface area contributed by atoms with Crippen molar-refractivity contribution < 1.29 is 22.4 Å². The Hall–Kier alpha value is -5.25. The molecule has 0 saturated carbocycles. The molecule has 1 amide bonds. The molecule has 0 bridgehead atoms. The number of nitrogens with one attached hydrogen (secondary N) is 3. The first-order valence-electron chi connectivity index (χ1n) is 12.6. The summed E-state index contributed by atoms with van der Waals surface area (Å²) in [7, 11) is 1.89. The number of pyridine rings is 1. The first-order chi connectivity index (χ1) is 19.9. The van der Waals surface area contributed by atoms with Crippen LogP contribution in [-0.2, 0) is 11.6 Å². The molecule has 13 heteroatoms. The number of carbonyl (C=O) groups excluding carboxylic acids is 1. The number of carbonyl (C=O) groups is 1. The highest BCUT2D eigenvalue weighted by Crippen LogP contribution is 2.40. The lowest BCUT2D eigenvalue weighted by atomic mass is 9.84. The van der Waals surface area contributed by atoms with E-state index in [0.29, 0.717) is 41.3 Å². The molecule has 0 aliphatic carbocycles. The van der Waals surface area contributed by atoms with E-state index < -0.39 is 28.9 Å². The van der Waals surface area contributed by atoms with Gasteiger partial charge in [-0.1, -0.05) is 0 Å². The second kappa shape index (κ2) is 10.6. The fraction of sp³-hybridized carbons (Fsp3) is 0.207. The first-order valence-corrected chi connectivity index (χ1v) is 12.6. The quantitative estimate of drug-likeness (QED) is 0.229. The minimum absolute atomic E-state index is 0.000553. The molecule has 0 unspecified atom stereocenters. The number of nitrogens with zero attached hydrogens (tertiary/aromatic N) is 5. The number of fused-ring (bicyclic) bond motifs is 1. The van der Waals surface area contributed by atoms with Crippen LogP contribution in [0.1, 0.15) is 35.3 Å². The molecule has 0 fully saturated rings. The number of amides is 1. The van der Waals surface area contributed by atoms with Crippen molar-refractivity contribution in [3.63, 3.8) is 0 Å². The second-order valence-electron chi connectivity index (χ2n) is 10.2. The Bertz CT molecular complexity index is 1730. The Morgan fingerprint density at radius 2 is 1.83 bits per heavy atom. The van der Waals surface area contributed by atoms with E-state index in [2.05, 4.69) is 30.9 Å². The summed E-state index contributed by atoms with van der Waals surface area (Å²) in [5, 5.41) is 18.1. The van der Waals surface area contributed by atoms with E-state index >= 15 is 0 Å². The molecular formula is C29H24F4N8O. The van der Waals surface area contributed by atoms with E-state index in [1.165, 1.54) is 38.4 Å². The Morgan fingerprint density at radius 3 is 2.57 bits per heavy atom. The van der Waals surface area contributed by atoms with Gasteiger partial charge >= 0.3 is 6.18 Å². The Kier molecular flexibility index (Phi) is 7.15. The summed E-state index contributed by atoms with van der Waals surface area (Å²) in [6, 6.07) is 12.0. The number of alkyl halides is 3. The van der Waals surface area contributed by atoms with Gasteiger partial charge in [0.05, 0.1) is 29.4 Å². The highest BCUT2D eigenvalue weighted by atomic mass is 19.4. The van der Waals surface area contributed by atoms with Gasteiger partial charge < -0.3 is 20.9 Å². The molecule has 42 heavy (non-hydrogen) atoms. The van der Waals surface area contributed by atoms with Crippen LogP contribution in [0, 0.1) is 17.1 Å². The zero-order chi connectivity index (χ0) is 30.2. The molecule has 5 rings (SSSR count). The molecular weight excluding hydrogens is 552 g/mol. The summed E-state index contributed by atoms with van der Waals surface area (Å²) in [4.78, 5) is 28.1. The third-order valence-corrected chi connectivity index (χ3v) is 6.75. The number of rotatable bonds is 6. The van der Waals surface area contributed by atoms with Crippen molar-refractivity contribution in [2.75, 3.05) is 34.6 Å². The Balaban J connectivity index is 1.46. The molecule has 3 heterocycles. The molecule has 214 valence electrons. The van der Waals surface area contributed by atoms with Gasteiger partial charge in [-0.3, -0.25) is 4.79 Å². The molecule has 4 aromatic rings. The first kappa shape index (κ1) is 28.3. The summed E-state index contributed by atoms with van der Waals surface area (Å²) >= 11 is 0. The number of halogens is 4. The van der Waals surface area contributed by atoms with Gasteiger partial charge in [-0.15, -0.1) is 0 Å². The average Bonchev–Trinajstić information content (AvgIpc) is 3.35. The standard InChI is InChI=1S/C29H24F4N8O/c1-28(2,13-34)17-9-16(10-18(11-17)29(31,32)33)27(42)40-22-12-19(6-7-21(22)30)39-25-20(5-4-8-35-25)23-24-26(37-14-36-23)38-15-41(24)3/h4-12,14H,15H2,1-3H3,(H,35,39)(H,40,42)(H,36,37,38). The van der Waals surface area contributed by atoms with Crippen LogP contribution in [0.15, 0.2) is 61.1 Å². The Morgan fingerprint density at radius 1 is 1.07 bits per heavy atom. The van der Waals surface area contributed by atoms with E-state index in [0.717, 1.165) is 17.8 Å². The summed E-state index contributed by atoms with van der Waals surface area (Å²) in [5.74, 6) is -0.720.